The molecule has 0 amide bonds. The first kappa shape index (κ1) is 14.1. The summed E-state index contributed by atoms with van der Waals surface area (Å²) in [6, 6.07) is 5.80. The molecule has 3 N–H and O–H groups in total. The molecule has 1 heterocycles. The van der Waals surface area contributed by atoms with Crippen LogP contribution in [0.15, 0.2) is 24.4 Å². The summed E-state index contributed by atoms with van der Waals surface area (Å²) >= 11 is 0. The molecule has 0 unspecified atom stereocenters. The number of ether oxygens (including phenoxy) is 1. The van der Waals surface area contributed by atoms with E-state index in [9.17, 15) is 4.79 Å². The smallest absolute Gasteiger partial charge is 0.305 e. The normalized spacial score (nSPS) is 10.5. The van der Waals surface area contributed by atoms with E-state index in [2.05, 4.69) is 15.0 Å². The number of pyridine rings is 1. The third-order valence-corrected chi connectivity index (χ3v) is 3.25. The van der Waals surface area contributed by atoms with Crippen molar-refractivity contribution in [2.24, 2.45) is 0 Å². The van der Waals surface area contributed by atoms with Crippen LogP contribution in [0, 0.1) is 6.92 Å². The molecule has 1 aromatic carbocycles. The van der Waals surface area contributed by atoms with Crippen LogP contribution in [0.2, 0.25) is 0 Å². The van der Waals surface area contributed by atoms with Crippen LogP contribution in [0.1, 0.15) is 18.4 Å². The molecule has 0 fully saturated rings. The Labute approximate surface area is 118 Å². The zero-order valence-corrected chi connectivity index (χ0v) is 11.8. The van der Waals surface area contributed by atoms with Gasteiger partial charge in [0, 0.05) is 35.6 Å². The maximum absolute atomic E-state index is 11.1. The van der Waals surface area contributed by atoms with Crippen molar-refractivity contribution in [3.05, 3.63) is 30.0 Å². The molecule has 0 aliphatic rings. The molecule has 0 aliphatic heterocycles. The SMILES string of the molecule is COC(=O)CCCNc1nccc2c(N)ccc(C)c12. The van der Waals surface area contributed by atoms with E-state index >= 15 is 0 Å². The molecule has 2 aromatic rings. The van der Waals surface area contributed by atoms with Gasteiger partial charge in [-0.05, 0) is 31.0 Å². The van der Waals surface area contributed by atoms with E-state index in [0.717, 1.165) is 27.8 Å². The van der Waals surface area contributed by atoms with E-state index in [4.69, 9.17) is 5.73 Å². The number of hydrogen-bond donors (Lipinski definition) is 2. The molecule has 106 valence electrons. The largest absolute Gasteiger partial charge is 0.469 e. The molecular weight excluding hydrogens is 254 g/mol. The summed E-state index contributed by atoms with van der Waals surface area (Å²) in [4.78, 5) is 15.4. The second kappa shape index (κ2) is 6.23. The molecule has 1 aromatic heterocycles. The van der Waals surface area contributed by atoms with Gasteiger partial charge in [0.1, 0.15) is 5.82 Å². The highest BCUT2D eigenvalue weighted by molar-refractivity contribution is 6.01. The minimum Gasteiger partial charge on any atom is -0.469 e. The van der Waals surface area contributed by atoms with E-state index in [1.165, 1.54) is 7.11 Å². The van der Waals surface area contributed by atoms with E-state index in [-0.39, 0.29) is 5.97 Å². The fraction of sp³-hybridized carbons (Fsp3) is 0.333. The second-order valence-corrected chi connectivity index (χ2v) is 4.66. The Balaban J connectivity index is 2.14. The number of hydrogen-bond acceptors (Lipinski definition) is 5. The van der Waals surface area contributed by atoms with E-state index in [1.807, 2.05) is 25.1 Å². The van der Waals surface area contributed by atoms with Crippen molar-refractivity contribution in [3.63, 3.8) is 0 Å². The van der Waals surface area contributed by atoms with Crippen LogP contribution < -0.4 is 11.1 Å². The monoisotopic (exact) mass is 273 g/mol. The van der Waals surface area contributed by atoms with Gasteiger partial charge in [-0.15, -0.1) is 0 Å². The lowest BCUT2D eigenvalue weighted by Crippen LogP contribution is -2.08. The zero-order valence-electron chi connectivity index (χ0n) is 11.8. The lowest BCUT2D eigenvalue weighted by Gasteiger charge is -2.11. The standard InChI is InChI=1S/C15H19N3O2/c1-10-5-6-12(16)11-7-9-18-15(14(10)11)17-8-3-4-13(19)20-2/h5-7,9H,3-4,8,16H2,1-2H3,(H,17,18). The van der Waals surface area contributed by atoms with Gasteiger partial charge in [-0.2, -0.15) is 0 Å². The number of benzene rings is 1. The predicted molar refractivity (Wildman–Crippen MR) is 80.6 cm³/mol. The number of carbonyl (C=O) groups excluding carboxylic acids is 1. The van der Waals surface area contributed by atoms with Crippen molar-refractivity contribution in [1.29, 1.82) is 0 Å². The van der Waals surface area contributed by atoms with Crippen molar-refractivity contribution in [1.82, 2.24) is 4.98 Å². The van der Waals surface area contributed by atoms with Gasteiger partial charge in [-0.25, -0.2) is 4.98 Å². The molecule has 0 atom stereocenters. The molecule has 2 rings (SSSR count). The summed E-state index contributed by atoms with van der Waals surface area (Å²) in [5.41, 5.74) is 7.85. The first-order chi connectivity index (χ1) is 9.63. The Morgan fingerprint density at radius 2 is 2.20 bits per heavy atom. The minimum atomic E-state index is -0.196. The third kappa shape index (κ3) is 2.99. The summed E-state index contributed by atoms with van der Waals surface area (Å²) < 4.78 is 4.61. The number of nitrogens with zero attached hydrogens (tertiary/aromatic N) is 1. The Bertz CT molecular complexity index is 626. The average Bonchev–Trinajstić information content (AvgIpc) is 2.47. The first-order valence-electron chi connectivity index (χ1n) is 6.58. The van der Waals surface area contributed by atoms with Gasteiger partial charge in [0.2, 0.25) is 0 Å². The summed E-state index contributed by atoms with van der Waals surface area (Å²) in [5, 5.41) is 5.29. The maximum Gasteiger partial charge on any atom is 0.305 e. The molecule has 0 bridgehead atoms. The number of aromatic nitrogens is 1. The van der Waals surface area contributed by atoms with Crippen LogP contribution in [0.4, 0.5) is 11.5 Å². The number of nitrogens with one attached hydrogen (secondary N) is 1. The number of anilines is 2. The average molecular weight is 273 g/mol. The molecule has 0 spiro atoms. The van der Waals surface area contributed by atoms with Crippen LogP contribution >= 0.6 is 0 Å². The summed E-state index contributed by atoms with van der Waals surface area (Å²) in [6.07, 6.45) is 2.84. The molecule has 0 saturated carbocycles. The number of nitrogen functional groups attached to an aromatic ring is 1. The number of fused-ring (bicyclic) bond motifs is 1. The van der Waals surface area contributed by atoms with Crippen molar-refractivity contribution < 1.29 is 9.53 Å². The third-order valence-electron chi connectivity index (χ3n) is 3.25. The molecule has 0 radical (unpaired) electrons. The van der Waals surface area contributed by atoms with Gasteiger partial charge < -0.3 is 15.8 Å². The fourth-order valence-corrected chi connectivity index (χ4v) is 2.17. The van der Waals surface area contributed by atoms with E-state index in [1.54, 1.807) is 6.20 Å². The van der Waals surface area contributed by atoms with Gasteiger partial charge >= 0.3 is 5.97 Å². The molecule has 0 saturated heterocycles. The Hall–Kier alpha value is -2.30. The Morgan fingerprint density at radius 3 is 2.95 bits per heavy atom. The summed E-state index contributed by atoms with van der Waals surface area (Å²) in [6.45, 7) is 2.69. The van der Waals surface area contributed by atoms with Crippen LogP contribution in [0.25, 0.3) is 10.8 Å². The number of aryl methyl sites for hydroxylation is 1. The van der Waals surface area contributed by atoms with Crippen LogP contribution in [-0.4, -0.2) is 24.6 Å². The highest BCUT2D eigenvalue weighted by Crippen LogP contribution is 2.28. The fourth-order valence-electron chi connectivity index (χ4n) is 2.17. The lowest BCUT2D eigenvalue weighted by atomic mass is 10.1. The maximum atomic E-state index is 11.1. The molecular formula is C15H19N3O2. The minimum absolute atomic E-state index is 0.196. The van der Waals surface area contributed by atoms with Crippen molar-refractivity contribution >= 4 is 28.2 Å². The first-order valence-corrected chi connectivity index (χ1v) is 6.58. The Kier molecular flexibility index (Phi) is 4.40. The van der Waals surface area contributed by atoms with E-state index in [0.29, 0.717) is 19.4 Å². The predicted octanol–water partition coefficient (Wildman–Crippen LogP) is 2.49. The number of nitrogens with two attached hydrogens (primary N) is 1. The van der Waals surface area contributed by atoms with Crippen LogP contribution in [0.3, 0.4) is 0 Å². The number of rotatable bonds is 5. The quantitative estimate of drug-likeness (QED) is 0.497. The topological polar surface area (TPSA) is 77.2 Å². The number of carbonyl (C=O) groups is 1. The van der Waals surface area contributed by atoms with Crippen LogP contribution in [-0.2, 0) is 9.53 Å². The van der Waals surface area contributed by atoms with E-state index < -0.39 is 0 Å². The highest BCUT2D eigenvalue weighted by Gasteiger charge is 2.07. The number of esters is 1. The summed E-state index contributed by atoms with van der Waals surface area (Å²) in [7, 11) is 1.40. The van der Waals surface area contributed by atoms with Crippen molar-refractivity contribution in [3.8, 4) is 0 Å². The highest BCUT2D eigenvalue weighted by atomic mass is 16.5. The summed E-state index contributed by atoms with van der Waals surface area (Å²) in [5.74, 6) is 0.607. The Morgan fingerprint density at radius 1 is 1.40 bits per heavy atom. The van der Waals surface area contributed by atoms with Gasteiger partial charge in [-0.1, -0.05) is 6.07 Å². The van der Waals surface area contributed by atoms with Crippen molar-refractivity contribution in [2.75, 3.05) is 24.7 Å². The van der Waals surface area contributed by atoms with Gasteiger partial charge in [-0.3, -0.25) is 4.79 Å². The van der Waals surface area contributed by atoms with Gasteiger partial charge in [0.25, 0.3) is 0 Å². The second-order valence-electron chi connectivity index (χ2n) is 4.66. The zero-order chi connectivity index (χ0) is 14.5. The van der Waals surface area contributed by atoms with Gasteiger partial charge in [0.15, 0.2) is 0 Å². The van der Waals surface area contributed by atoms with Crippen molar-refractivity contribution in [2.45, 2.75) is 19.8 Å². The molecule has 5 nitrogen and oxygen atoms in total. The lowest BCUT2D eigenvalue weighted by molar-refractivity contribution is -0.140. The van der Waals surface area contributed by atoms with Gasteiger partial charge in [0.05, 0.1) is 7.11 Å². The number of methoxy groups -OCH3 is 1. The molecule has 20 heavy (non-hydrogen) atoms. The molecule has 0 aliphatic carbocycles. The molecule has 5 heteroatoms. The van der Waals surface area contributed by atoms with Crippen LogP contribution in [0.5, 0.6) is 0 Å².